The third kappa shape index (κ3) is 1.86. The lowest BCUT2D eigenvalue weighted by atomic mass is 9.88. The van der Waals surface area contributed by atoms with E-state index in [1.54, 1.807) is 0 Å². The summed E-state index contributed by atoms with van der Waals surface area (Å²) in [5.74, 6) is 1.55. The molecule has 2 heterocycles. The van der Waals surface area contributed by atoms with E-state index >= 15 is 0 Å². The Morgan fingerprint density at radius 1 is 1.06 bits per heavy atom. The molecule has 2 saturated heterocycles. The molecule has 2 aliphatic heterocycles. The van der Waals surface area contributed by atoms with E-state index in [0.29, 0.717) is 17.9 Å². The zero-order chi connectivity index (χ0) is 11.0. The van der Waals surface area contributed by atoms with Gasteiger partial charge in [-0.2, -0.15) is 0 Å². The molecule has 3 heteroatoms. The minimum atomic E-state index is 0.354. The predicted molar refractivity (Wildman–Crippen MR) is 63.1 cm³/mol. The molecule has 0 radical (unpaired) electrons. The van der Waals surface area contributed by atoms with Crippen LogP contribution in [0, 0.1) is 11.8 Å². The number of rotatable bonds is 1. The molecule has 16 heavy (non-hydrogen) atoms. The number of nitrogens with zero attached hydrogens (tertiary/aromatic N) is 1. The van der Waals surface area contributed by atoms with Crippen LogP contribution in [0.2, 0.25) is 0 Å². The van der Waals surface area contributed by atoms with E-state index in [0.717, 1.165) is 38.4 Å². The highest BCUT2D eigenvalue weighted by Crippen LogP contribution is 2.30. The largest absolute Gasteiger partial charge is 0.341 e. The van der Waals surface area contributed by atoms with E-state index < -0.39 is 0 Å². The number of amides is 1. The van der Waals surface area contributed by atoms with Gasteiger partial charge in [0.15, 0.2) is 0 Å². The molecule has 3 fully saturated rings. The lowest BCUT2D eigenvalue weighted by Gasteiger charge is -2.26. The van der Waals surface area contributed by atoms with E-state index in [-0.39, 0.29) is 0 Å². The number of hydrogen-bond acceptors (Lipinski definition) is 2. The van der Waals surface area contributed by atoms with Gasteiger partial charge in [-0.05, 0) is 31.7 Å². The van der Waals surface area contributed by atoms with E-state index in [1.807, 2.05) is 0 Å². The third-order valence-electron chi connectivity index (χ3n) is 4.63. The fourth-order valence-electron chi connectivity index (χ4n) is 3.64. The van der Waals surface area contributed by atoms with Crippen LogP contribution in [-0.2, 0) is 4.79 Å². The number of carbonyl (C=O) groups is 1. The molecule has 90 valence electrons. The molecule has 0 spiro atoms. The lowest BCUT2D eigenvalue weighted by Crippen LogP contribution is -2.38. The highest BCUT2D eigenvalue weighted by molar-refractivity contribution is 5.79. The Morgan fingerprint density at radius 2 is 1.88 bits per heavy atom. The first-order valence-corrected chi connectivity index (χ1v) is 6.87. The van der Waals surface area contributed by atoms with Crippen LogP contribution in [0.3, 0.4) is 0 Å². The Labute approximate surface area is 97.6 Å². The normalized spacial score (nSPS) is 35.4. The first-order chi connectivity index (χ1) is 7.84. The molecule has 1 N–H and O–H groups in total. The average Bonchev–Trinajstić information content (AvgIpc) is 2.89. The first kappa shape index (κ1) is 10.6. The molecule has 2 atom stereocenters. The van der Waals surface area contributed by atoms with Crippen molar-refractivity contribution in [3.05, 3.63) is 0 Å². The van der Waals surface area contributed by atoms with Crippen molar-refractivity contribution in [2.24, 2.45) is 11.8 Å². The van der Waals surface area contributed by atoms with Gasteiger partial charge in [0.2, 0.25) is 5.91 Å². The summed E-state index contributed by atoms with van der Waals surface area (Å²) in [6, 6.07) is 0.604. The summed E-state index contributed by atoms with van der Waals surface area (Å²) < 4.78 is 0. The lowest BCUT2D eigenvalue weighted by molar-refractivity contribution is -0.135. The molecule has 0 aromatic carbocycles. The standard InChI is InChI=1S/C13H22N2O/c16-13(10-4-2-1-3-5-10)15-8-11-6-7-14-12(11)9-15/h10-12,14H,1-9H2/t11-,12+/m1/s1. The molecule has 3 rings (SSSR count). The zero-order valence-corrected chi connectivity index (χ0v) is 9.95. The van der Waals surface area contributed by atoms with Crippen LogP contribution in [0.1, 0.15) is 38.5 Å². The minimum Gasteiger partial charge on any atom is -0.341 e. The van der Waals surface area contributed by atoms with Gasteiger partial charge in [0.05, 0.1) is 0 Å². The first-order valence-electron chi connectivity index (χ1n) is 6.87. The molecule has 1 aliphatic carbocycles. The van der Waals surface area contributed by atoms with Crippen molar-refractivity contribution in [2.75, 3.05) is 19.6 Å². The molecule has 1 amide bonds. The highest BCUT2D eigenvalue weighted by atomic mass is 16.2. The summed E-state index contributed by atoms with van der Waals surface area (Å²) in [5, 5.41) is 3.51. The molecule has 0 aromatic heterocycles. The van der Waals surface area contributed by atoms with Crippen molar-refractivity contribution < 1.29 is 4.79 Å². The quantitative estimate of drug-likeness (QED) is 0.727. The molecule has 3 nitrogen and oxygen atoms in total. The van der Waals surface area contributed by atoms with Gasteiger partial charge in [-0.25, -0.2) is 0 Å². The smallest absolute Gasteiger partial charge is 0.225 e. The second-order valence-electron chi connectivity index (χ2n) is 5.69. The van der Waals surface area contributed by atoms with Gasteiger partial charge in [-0.1, -0.05) is 19.3 Å². The Bertz CT molecular complexity index is 261. The van der Waals surface area contributed by atoms with Crippen molar-refractivity contribution >= 4 is 5.91 Å². The van der Waals surface area contributed by atoms with Gasteiger partial charge < -0.3 is 10.2 Å². The van der Waals surface area contributed by atoms with Gasteiger partial charge in [0.1, 0.15) is 0 Å². The molecular formula is C13H22N2O. The summed E-state index contributed by atoms with van der Waals surface area (Å²) in [5.41, 5.74) is 0. The van der Waals surface area contributed by atoms with Crippen molar-refractivity contribution in [1.82, 2.24) is 10.2 Å². The van der Waals surface area contributed by atoms with Gasteiger partial charge in [0, 0.05) is 25.0 Å². The Kier molecular flexibility index (Phi) is 2.88. The maximum Gasteiger partial charge on any atom is 0.225 e. The Hall–Kier alpha value is -0.570. The summed E-state index contributed by atoms with van der Waals surface area (Å²) in [7, 11) is 0. The summed E-state index contributed by atoms with van der Waals surface area (Å²) >= 11 is 0. The summed E-state index contributed by atoms with van der Waals surface area (Å²) in [4.78, 5) is 14.5. The van der Waals surface area contributed by atoms with Crippen molar-refractivity contribution in [1.29, 1.82) is 0 Å². The fraction of sp³-hybridized carbons (Fsp3) is 0.923. The van der Waals surface area contributed by atoms with E-state index in [4.69, 9.17) is 0 Å². The molecule has 0 bridgehead atoms. The molecule has 1 saturated carbocycles. The number of fused-ring (bicyclic) bond motifs is 1. The third-order valence-corrected chi connectivity index (χ3v) is 4.63. The van der Waals surface area contributed by atoms with Gasteiger partial charge in [0.25, 0.3) is 0 Å². The zero-order valence-electron chi connectivity index (χ0n) is 9.95. The van der Waals surface area contributed by atoms with Gasteiger partial charge in [-0.3, -0.25) is 4.79 Å². The number of hydrogen-bond donors (Lipinski definition) is 1. The Morgan fingerprint density at radius 3 is 2.62 bits per heavy atom. The minimum absolute atomic E-state index is 0.354. The van der Waals surface area contributed by atoms with Crippen LogP contribution in [0.5, 0.6) is 0 Å². The topological polar surface area (TPSA) is 32.3 Å². The van der Waals surface area contributed by atoms with Crippen molar-refractivity contribution in [3.63, 3.8) is 0 Å². The fourth-order valence-corrected chi connectivity index (χ4v) is 3.64. The maximum absolute atomic E-state index is 12.3. The van der Waals surface area contributed by atoms with E-state index in [2.05, 4.69) is 10.2 Å². The van der Waals surface area contributed by atoms with Crippen LogP contribution >= 0.6 is 0 Å². The van der Waals surface area contributed by atoms with Crippen LogP contribution in [0.25, 0.3) is 0 Å². The van der Waals surface area contributed by atoms with Crippen molar-refractivity contribution in [3.8, 4) is 0 Å². The average molecular weight is 222 g/mol. The van der Waals surface area contributed by atoms with Crippen LogP contribution in [0.15, 0.2) is 0 Å². The van der Waals surface area contributed by atoms with Gasteiger partial charge in [-0.15, -0.1) is 0 Å². The molecule has 0 aromatic rings. The second-order valence-corrected chi connectivity index (χ2v) is 5.69. The SMILES string of the molecule is O=C(C1CCCCC1)N1C[C@H]2CCN[C@H]2C1. The maximum atomic E-state index is 12.3. The number of nitrogens with one attached hydrogen (secondary N) is 1. The molecule has 0 unspecified atom stereocenters. The monoisotopic (exact) mass is 222 g/mol. The predicted octanol–water partition coefficient (Wildman–Crippen LogP) is 1.39. The van der Waals surface area contributed by atoms with Crippen LogP contribution < -0.4 is 5.32 Å². The van der Waals surface area contributed by atoms with Crippen molar-refractivity contribution in [2.45, 2.75) is 44.6 Å². The Balaban J connectivity index is 1.59. The second kappa shape index (κ2) is 4.36. The van der Waals surface area contributed by atoms with E-state index in [1.165, 1.54) is 25.7 Å². The number of likely N-dealkylation sites (tertiary alicyclic amines) is 1. The molecular weight excluding hydrogens is 200 g/mol. The summed E-state index contributed by atoms with van der Waals surface area (Å²) in [6.07, 6.45) is 7.39. The van der Waals surface area contributed by atoms with Crippen LogP contribution in [0.4, 0.5) is 0 Å². The number of carbonyl (C=O) groups excluding carboxylic acids is 1. The summed E-state index contributed by atoms with van der Waals surface area (Å²) in [6.45, 7) is 3.15. The van der Waals surface area contributed by atoms with Crippen LogP contribution in [-0.4, -0.2) is 36.5 Å². The van der Waals surface area contributed by atoms with Gasteiger partial charge >= 0.3 is 0 Å². The highest BCUT2D eigenvalue weighted by Gasteiger charge is 2.39. The van der Waals surface area contributed by atoms with E-state index in [9.17, 15) is 4.79 Å². The molecule has 3 aliphatic rings.